The normalized spacial score (nSPS) is 12.5. The SMILES string of the molecule is Cc1ccccc1C(=O)C(C(=O)O)C(C)C. The smallest absolute Gasteiger partial charge is 0.314 e. The number of hydrogen-bond donors (Lipinski definition) is 1. The number of benzene rings is 1. The summed E-state index contributed by atoms with van der Waals surface area (Å²) in [5, 5.41) is 9.05. The number of ketones is 1. The topological polar surface area (TPSA) is 54.4 Å². The van der Waals surface area contributed by atoms with Crippen molar-refractivity contribution in [1.82, 2.24) is 0 Å². The van der Waals surface area contributed by atoms with Crippen LogP contribution in [0.25, 0.3) is 0 Å². The van der Waals surface area contributed by atoms with Gasteiger partial charge in [0.05, 0.1) is 0 Å². The van der Waals surface area contributed by atoms with Crippen molar-refractivity contribution in [3.8, 4) is 0 Å². The van der Waals surface area contributed by atoms with Crippen molar-refractivity contribution in [3.63, 3.8) is 0 Å². The minimum atomic E-state index is -1.05. The molecule has 0 aromatic heterocycles. The first-order chi connectivity index (χ1) is 7.45. The van der Waals surface area contributed by atoms with E-state index in [-0.39, 0.29) is 11.7 Å². The molecule has 1 aromatic carbocycles. The number of aryl methyl sites for hydroxylation is 1. The van der Waals surface area contributed by atoms with Crippen molar-refractivity contribution >= 4 is 11.8 Å². The molecule has 0 saturated carbocycles. The molecule has 1 N–H and O–H groups in total. The second kappa shape index (κ2) is 4.92. The third-order valence-corrected chi connectivity index (χ3v) is 2.63. The molecule has 1 atom stereocenters. The summed E-state index contributed by atoms with van der Waals surface area (Å²) in [6.45, 7) is 5.30. The second-order valence-corrected chi connectivity index (χ2v) is 4.24. The zero-order valence-corrected chi connectivity index (χ0v) is 9.73. The lowest BCUT2D eigenvalue weighted by Crippen LogP contribution is -2.29. The first-order valence-corrected chi connectivity index (χ1v) is 5.27. The molecule has 0 aliphatic heterocycles. The maximum Gasteiger partial charge on any atom is 0.314 e. The second-order valence-electron chi connectivity index (χ2n) is 4.24. The molecular formula is C13H16O3. The summed E-state index contributed by atoms with van der Waals surface area (Å²) < 4.78 is 0. The van der Waals surface area contributed by atoms with Crippen molar-refractivity contribution in [2.24, 2.45) is 11.8 Å². The van der Waals surface area contributed by atoms with Crippen LogP contribution >= 0.6 is 0 Å². The van der Waals surface area contributed by atoms with Gasteiger partial charge in [-0.05, 0) is 18.4 Å². The fraction of sp³-hybridized carbons (Fsp3) is 0.385. The van der Waals surface area contributed by atoms with E-state index in [0.29, 0.717) is 5.56 Å². The van der Waals surface area contributed by atoms with Gasteiger partial charge in [0.15, 0.2) is 5.78 Å². The number of carbonyl (C=O) groups excluding carboxylic acids is 1. The summed E-state index contributed by atoms with van der Waals surface area (Å²) in [5.41, 5.74) is 1.32. The molecule has 1 unspecified atom stereocenters. The summed E-state index contributed by atoms with van der Waals surface area (Å²) in [6, 6.07) is 7.07. The van der Waals surface area contributed by atoms with Crippen LogP contribution in [0.15, 0.2) is 24.3 Å². The Morgan fingerprint density at radius 3 is 2.19 bits per heavy atom. The molecule has 1 aromatic rings. The summed E-state index contributed by atoms with van der Waals surface area (Å²) >= 11 is 0. The van der Waals surface area contributed by atoms with Crippen LogP contribution in [0.5, 0.6) is 0 Å². The van der Waals surface area contributed by atoms with Gasteiger partial charge in [-0.3, -0.25) is 9.59 Å². The van der Waals surface area contributed by atoms with Crippen LogP contribution in [0.1, 0.15) is 29.8 Å². The highest BCUT2D eigenvalue weighted by Gasteiger charge is 2.30. The Bertz CT molecular complexity index is 407. The summed E-state index contributed by atoms with van der Waals surface area (Å²) in [4.78, 5) is 23.1. The van der Waals surface area contributed by atoms with E-state index < -0.39 is 11.9 Å². The number of Topliss-reactive ketones (excluding diaryl/α,β-unsaturated/α-hetero) is 1. The Morgan fingerprint density at radius 2 is 1.75 bits per heavy atom. The van der Waals surface area contributed by atoms with Gasteiger partial charge in [0.25, 0.3) is 0 Å². The highest BCUT2D eigenvalue weighted by Crippen LogP contribution is 2.19. The van der Waals surface area contributed by atoms with Crippen LogP contribution in [-0.2, 0) is 4.79 Å². The molecule has 86 valence electrons. The standard InChI is InChI=1S/C13H16O3/c1-8(2)11(13(15)16)12(14)10-7-5-4-6-9(10)3/h4-8,11H,1-3H3,(H,15,16). The summed E-state index contributed by atoms with van der Waals surface area (Å²) in [5.74, 6) is -2.52. The molecule has 0 spiro atoms. The van der Waals surface area contributed by atoms with E-state index in [0.717, 1.165) is 5.56 Å². The number of hydrogen-bond acceptors (Lipinski definition) is 2. The van der Waals surface area contributed by atoms with Crippen LogP contribution in [0.3, 0.4) is 0 Å². The van der Waals surface area contributed by atoms with E-state index in [2.05, 4.69) is 0 Å². The minimum absolute atomic E-state index is 0.204. The molecule has 16 heavy (non-hydrogen) atoms. The number of carboxylic acids is 1. The van der Waals surface area contributed by atoms with Gasteiger partial charge in [0.2, 0.25) is 0 Å². The third kappa shape index (κ3) is 2.48. The monoisotopic (exact) mass is 220 g/mol. The Morgan fingerprint density at radius 1 is 1.19 bits per heavy atom. The van der Waals surface area contributed by atoms with Gasteiger partial charge in [-0.1, -0.05) is 38.1 Å². The molecule has 0 amide bonds. The Kier molecular flexibility index (Phi) is 3.82. The summed E-state index contributed by atoms with van der Waals surface area (Å²) in [6.07, 6.45) is 0. The van der Waals surface area contributed by atoms with Crippen molar-refractivity contribution in [2.45, 2.75) is 20.8 Å². The van der Waals surface area contributed by atoms with Crippen molar-refractivity contribution in [2.75, 3.05) is 0 Å². The highest BCUT2D eigenvalue weighted by molar-refractivity contribution is 6.09. The van der Waals surface area contributed by atoms with Gasteiger partial charge in [0.1, 0.15) is 5.92 Å². The van der Waals surface area contributed by atoms with Crippen LogP contribution < -0.4 is 0 Å². The van der Waals surface area contributed by atoms with Crippen LogP contribution in [0.2, 0.25) is 0 Å². The molecule has 0 heterocycles. The zero-order chi connectivity index (χ0) is 12.3. The zero-order valence-electron chi connectivity index (χ0n) is 9.73. The molecule has 0 aliphatic carbocycles. The van der Waals surface area contributed by atoms with Crippen molar-refractivity contribution in [1.29, 1.82) is 0 Å². The number of aliphatic carboxylic acids is 1. The number of carbonyl (C=O) groups is 2. The molecule has 0 bridgehead atoms. The number of rotatable bonds is 4. The van der Waals surface area contributed by atoms with Crippen molar-refractivity contribution in [3.05, 3.63) is 35.4 Å². The van der Waals surface area contributed by atoms with E-state index in [4.69, 9.17) is 5.11 Å². The molecule has 0 fully saturated rings. The lowest BCUT2D eigenvalue weighted by molar-refractivity contribution is -0.141. The highest BCUT2D eigenvalue weighted by atomic mass is 16.4. The minimum Gasteiger partial charge on any atom is -0.481 e. The largest absolute Gasteiger partial charge is 0.481 e. The van der Waals surface area contributed by atoms with E-state index in [1.807, 2.05) is 19.1 Å². The van der Waals surface area contributed by atoms with Crippen LogP contribution in [0.4, 0.5) is 0 Å². The van der Waals surface area contributed by atoms with E-state index >= 15 is 0 Å². The van der Waals surface area contributed by atoms with E-state index in [9.17, 15) is 9.59 Å². The van der Waals surface area contributed by atoms with Gasteiger partial charge in [-0.25, -0.2) is 0 Å². The molecule has 0 aliphatic rings. The quantitative estimate of drug-likeness (QED) is 0.626. The van der Waals surface area contributed by atoms with Crippen LogP contribution in [-0.4, -0.2) is 16.9 Å². The molecule has 3 heteroatoms. The maximum atomic E-state index is 12.1. The van der Waals surface area contributed by atoms with Gasteiger partial charge >= 0.3 is 5.97 Å². The Labute approximate surface area is 95.1 Å². The van der Waals surface area contributed by atoms with Gasteiger partial charge < -0.3 is 5.11 Å². The average Bonchev–Trinajstić information content (AvgIpc) is 2.16. The molecule has 3 nitrogen and oxygen atoms in total. The van der Waals surface area contributed by atoms with E-state index in [1.165, 1.54) is 0 Å². The van der Waals surface area contributed by atoms with Gasteiger partial charge in [0, 0.05) is 5.56 Å². The average molecular weight is 220 g/mol. The third-order valence-electron chi connectivity index (χ3n) is 2.63. The first-order valence-electron chi connectivity index (χ1n) is 5.27. The summed E-state index contributed by atoms with van der Waals surface area (Å²) in [7, 11) is 0. The maximum absolute atomic E-state index is 12.1. The van der Waals surface area contributed by atoms with Gasteiger partial charge in [-0.15, -0.1) is 0 Å². The number of carboxylic acid groups (broad SMARTS) is 1. The molecule has 0 radical (unpaired) electrons. The molecular weight excluding hydrogens is 204 g/mol. The first kappa shape index (κ1) is 12.4. The predicted octanol–water partition coefficient (Wildman–Crippen LogP) is 2.53. The molecule has 0 saturated heterocycles. The van der Waals surface area contributed by atoms with Crippen molar-refractivity contribution < 1.29 is 14.7 Å². The fourth-order valence-corrected chi connectivity index (χ4v) is 1.72. The Hall–Kier alpha value is -1.64. The Balaban J connectivity index is 3.10. The molecule has 1 rings (SSSR count). The van der Waals surface area contributed by atoms with Gasteiger partial charge in [-0.2, -0.15) is 0 Å². The van der Waals surface area contributed by atoms with Crippen LogP contribution in [0, 0.1) is 18.8 Å². The fourth-order valence-electron chi connectivity index (χ4n) is 1.72. The lowest BCUT2D eigenvalue weighted by atomic mass is 9.86. The lowest BCUT2D eigenvalue weighted by Gasteiger charge is -2.15. The predicted molar refractivity (Wildman–Crippen MR) is 61.5 cm³/mol. The van der Waals surface area contributed by atoms with E-state index in [1.54, 1.807) is 26.0 Å².